The van der Waals surface area contributed by atoms with Crippen LogP contribution in [0.15, 0.2) is 18.2 Å². The van der Waals surface area contributed by atoms with Gasteiger partial charge in [-0.3, -0.25) is 0 Å². The van der Waals surface area contributed by atoms with Gasteiger partial charge in [0.1, 0.15) is 0 Å². The molecule has 19 heavy (non-hydrogen) atoms. The summed E-state index contributed by atoms with van der Waals surface area (Å²) in [6.45, 7) is 5.27. The van der Waals surface area contributed by atoms with E-state index in [0.717, 1.165) is 30.0 Å². The molecule has 106 valence electrons. The Bertz CT molecular complexity index is 435. The van der Waals surface area contributed by atoms with Gasteiger partial charge >= 0.3 is 0 Å². The summed E-state index contributed by atoms with van der Waals surface area (Å²) in [4.78, 5) is 0. The Labute approximate surface area is 121 Å². The third kappa shape index (κ3) is 3.71. The molecule has 2 unspecified atom stereocenters. The third-order valence-electron chi connectivity index (χ3n) is 4.30. The maximum absolute atomic E-state index is 9.75. The summed E-state index contributed by atoms with van der Waals surface area (Å²) in [5.74, 6) is 0.690. The van der Waals surface area contributed by atoms with E-state index < -0.39 is 0 Å². The standard InChI is InChI=1S/C16H24ClNO/c1-12-4-3-7-16(9-12,11-19)18-10-14-6-5-13(2)15(17)8-14/h5-6,8,12,18-19H,3-4,7,9-11H2,1-2H3. The summed E-state index contributed by atoms with van der Waals surface area (Å²) < 4.78 is 0. The van der Waals surface area contributed by atoms with Crippen LogP contribution in [0.25, 0.3) is 0 Å². The average Bonchev–Trinajstić information content (AvgIpc) is 2.40. The Balaban J connectivity index is 2.01. The number of aliphatic hydroxyl groups is 1. The van der Waals surface area contributed by atoms with Crippen LogP contribution < -0.4 is 5.32 Å². The molecule has 1 aromatic rings. The first kappa shape index (κ1) is 14.8. The molecular weight excluding hydrogens is 258 g/mol. The van der Waals surface area contributed by atoms with Crippen LogP contribution in [0.2, 0.25) is 5.02 Å². The van der Waals surface area contributed by atoms with E-state index in [0.29, 0.717) is 5.92 Å². The number of halogens is 1. The molecule has 2 rings (SSSR count). The van der Waals surface area contributed by atoms with Crippen LogP contribution >= 0.6 is 11.6 Å². The molecule has 0 spiro atoms. The van der Waals surface area contributed by atoms with Crippen LogP contribution in [0.5, 0.6) is 0 Å². The molecule has 0 aromatic heterocycles. The molecular formula is C16H24ClNO. The second kappa shape index (κ2) is 6.25. The molecule has 2 nitrogen and oxygen atoms in total. The van der Waals surface area contributed by atoms with Crippen LogP contribution in [-0.2, 0) is 6.54 Å². The van der Waals surface area contributed by atoms with Crippen LogP contribution in [0.3, 0.4) is 0 Å². The SMILES string of the molecule is Cc1ccc(CNC2(CO)CCCC(C)C2)cc1Cl. The Kier molecular flexibility index (Phi) is 4.88. The number of aliphatic hydroxyl groups excluding tert-OH is 1. The molecule has 0 bridgehead atoms. The highest BCUT2D eigenvalue weighted by Crippen LogP contribution is 2.32. The highest BCUT2D eigenvalue weighted by molar-refractivity contribution is 6.31. The summed E-state index contributed by atoms with van der Waals surface area (Å²) in [6, 6.07) is 6.17. The highest BCUT2D eigenvalue weighted by atomic mass is 35.5. The molecule has 0 heterocycles. The van der Waals surface area contributed by atoms with Crippen molar-refractivity contribution in [1.82, 2.24) is 5.32 Å². The molecule has 0 amide bonds. The first-order valence-corrected chi connectivity index (χ1v) is 7.53. The second-order valence-electron chi connectivity index (χ2n) is 6.08. The lowest BCUT2D eigenvalue weighted by Crippen LogP contribution is -2.51. The van der Waals surface area contributed by atoms with Crippen LogP contribution in [0, 0.1) is 12.8 Å². The van der Waals surface area contributed by atoms with E-state index in [4.69, 9.17) is 11.6 Å². The van der Waals surface area contributed by atoms with Gasteiger partial charge in [0.15, 0.2) is 0 Å². The maximum Gasteiger partial charge on any atom is 0.0613 e. The Morgan fingerprint density at radius 1 is 1.47 bits per heavy atom. The summed E-state index contributed by atoms with van der Waals surface area (Å²) in [7, 11) is 0. The number of nitrogens with one attached hydrogen (secondary N) is 1. The van der Waals surface area contributed by atoms with Gasteiger partial charge in [-0.05, 0) is 42.9 Å². The number of rotatable bonds is 4. The molecule has 1 aliphatic carbocycles. The molecule has 1 aromatic carbocycles. The zero-order valence-electron chi connectivity index (χ0n) is 11.9. The van der Waals surface area contributed by atoms with Crippen LogP contribution in [0.4, 0.5) is 0 Å². The minimum atomic E-state index is -0.102. The number of aryl methyl sites for hydroxylation is 1. The lowest BCUT2D eigenvalue weighted by Gasteiger charge is -2.39. The van der Waals surface area contributed by atoms with Gasteiger partial charge in [-0.15, -0.1) is 0 Å². The normalized spacial score (nSPS) is 27.5. The van der Waals surface area contributed by atoms with Gasteiger partial charge in [0.2, 0.25) is 0 Å². The molecule has 1 aliphatic rings. The van der Waals surface area contributed by atoms with E-state index in [-0.39, 0.29) is 12.1 Å². The summed E-state index contributed by atoms with van der Waals surface area (Å²) in [6.07, 6.45) is 4.60. The quantitative estimate of drug-likeness (QED) is 0.882. The third-order valence-corrected chi connectivity index (χ3v) is 4.71. The van der Waals surface area contributed by atoms with Crippen molar-refractivity contribution < 1.29 is 5.11 Å². The molecule has 2 atom stereocenters. The second-order valence-corrected chi connectivity index (χ2v) is 6.48. The fourth-order valence-corrected chi connectivity index (χ4v) is 3.26. The minimum absolute atomic E-state index is 0.102. The van der Waals surface area contributed by atoms with Crippen molar-refractivity contribution in [2.45, 2.75) is 51.6 Å². The fourth-order valence-electron chi connectivity index (χ4n) is 3.06. The first-order valence-electron chi connectivity index (χ1n) is 7.15. The lowest BCUT2D eigenvalue weighted by molar-refractivity contribution is 0.0982. The first-order chi connectivity index (χ1) is 9.04. The maximum atomic E-state index is 9.75. The van der Waals surface area contributed by atoms with E-state index in [1.165, 1.54) is 18.4 Å². The van der Waals surface area contributed by atoms with Gasteiger partial charge in [0.05, 0.1) is 6.61 Å². The number of hydrogen-bond donors (Lipinski definition) is 2. The van der Waals surface area contributed by atoms with Gasteiger partial charge in [-0.1, -0.05) is 43.5 Å². The molecule has 2 N–H and O–H groups in total. The predicted molar refractivity (Wildman–Crippen MR) is 80.5 cm³/mol. The van der Waals surface area contributed by atoms with Crippen molar-refractivity contribution >= 4 is 11.6 Å². The highest BCUT2D eigenvalue weighted by Gasteiger charge is 2.33. The van der Waals surface area contributed by atoms with E-state index in [1.54, 1.807) is 0 Å². The zero-order chi connectivity index (χ0) is 13.9. The van der Waals surface area contributed by atoms with Crippen molar-refractivity contribution in [2.75, 3.05) is 6.61 Å². The molecule has 0 saturated heterocycles. The molecule has 3 heteroatoms. The van der Waals surface area contributed by atoms with Gasteiger partial charge in [0, 0.05) is 17.1 Å². The van der Waals surface area contributed by atoms with E-state index in [1.807, 2.05) is 13.0 Å². The van der Waals surface area contributed by atoms with E-state index in [2.05, 4.69) is 24.4 Å². The number of hydrogen-bond acceptors (Lipinski definition) is 2. The minimum Gasteiger partial charge on any atom is -0.394 e. The Morgan fingerprint density at radius 3 is 2.89 bits per heavy atom. The molecule has 0 radical (unpaired) electrons. The lowest BCUT2D eigenvalue weighted by atomic mass is 9.77. The summed E-state index contributed by atoms with van der Waals surface area (Å²) in [5.41, 5.74) is 2.19. The van der Waals surface area contributed by atoms with Crippen LogP contribution in [-0.4, -0.2) is 17.3 Å². The topological polar surface area (TPSA) is 32.3 Å². The molecule has 0 aliphatic heterocycles. The van der Waals surface area contributed by atoms with Crippen molar-refractivity contribution in [2.24, 2.45) is 5.92 Å². The molecule has 1 saturated carbocycles. The van der Waals surface area contributed by atoms with Crippen molar-refractivity contribution in [3.8, 4) is 0 Å². The zero-order valence-corrected chi connectivity index (χ0v) is 12.6. The van der Waals surface area contributed by atoms with Crippen molar-refractivity contribution in [3.63, 3.8) is 0 Å². The largest absolute Gasteiger partial charge is 0.394 e. The van der Waals surface area contributed by atoms with Gasteiger partial charge in [-0.2, -0.15) is 0 Å². The fraction of sp³-hybridized carbons (Fsp3) is 0.625. The number of benzene rings is 1. The summed E-state index contributed by atoms with van der Waals surface area (Å²) in [5, 5.41) is 14.1. The average molecular weight is 282 g/mol. The van der Waals surface area contributed by atoms with Gasteiger partial charge in [0.25, 0.3) is 0 Å². The van der Waals surface area contributed by atoms with Gasteiger partial charge in [-0.25, -0.2) is 0 Å². The summed E-state index contributed by atoms with van der Waals surface area (Å²) >= 11 is 6.15. The Hall–Kier alpha value is -0.570. The van der Waals surface area contributed by atoms with E-state index >= 15 is 0 Å². The van der Waals surface area contributed by atoms with Gasteiger partial charge < -0.3 is 10.4 Å². The van der Waals surface area contributed by atoms with Crippen molar-refractivity contribution in [3.05, 3.63) is 34.3 Å². The predicted octanol–water partition coefficient (Wildman–Crippen LogP) is 3.68. The van der Waals surface area contributed by atoms with E-state index in [9.17, 15) is 5.11 Å². The Morgan fingerprint density at radius 2 is 2.26 bits per heavy atom. The van der Waals surface area contributed by atoms with Crippen molar-refractivity contribution in [1.29, 1.82) is 0 Å². The van der Waals surface area contributed by atoms with Crippen LogP contribution in [0.1, 0.15) is 43.7 Å². The molecule has 1 fully saturated rings. The smallest absolute Gasteiger partial charge is 0.0613 e. The monoisotopic (exact) mass is 281 g/mol.